The van der Waals surface area contributed by atoms with Gasteiger partial charge in [0.25, 0.3) is 0 Å². The molecular weight excluding hydrogens is 424 g/mol. The molecular formula is C25H23NOP2S. The molecule has 0 atom stereocenters. The third-order valence-corrected chi connectivity index (χ3v) is 15.0. The van der Waals surface area contributed by atoms with Crippen LogP contribution in [0.3, 0.4) is 0 Å². The van der Waals surface area contributed by atoms with Crippen molar-refractivity contribution in [3.05, 3.63) is 121 Å². The minimum atomic E-state index is -3.24. The van der Waals surface area contributed by atoms with Gasteiger partial charge in [-0.25, -0.2) is 4.52 Å². The van der Waals surface area contributed by atoms with Gasteiger partial charge in [-0.1, -0.05) is 97.1 Å². The molecule has 5 heteroatoms. The summed E-state index contributed by atoms with van der Waals surface area (Å²) in [6, 6.07) is 40.0. The third kappa shape index (κ3) is 3.98. The SMILES string of the molecule is CSP(=NP(=O)(c1ccccc1)c1ccccc1)(c1ccccc1)c1ccccc1. The van der Waals surface area contributed by atoms with E-state index >= 15 is 0 Å². The summed E-state index contributed by atoms with van der Waals surface area (Å²) >= 11 is 1.71. The average Bonchev–Trinajstić information content (AvgIpc) is 2.85. The largest absolute Gasteiger partial charge is 0.288 e. The van der Waals surface area contributed by atoms with Crippen molar-refractivity contribution in [3.8, 4) is 0 Å². The van der Waals surface area contributed by atoms with Gasteiger partial charge in [0, 0.05) is 21.2 Å². The summed E-state index contributed by atoms with van der Waals surface area (Å²) in [6.45, 7) is 0. The van der Waals surface area contributed by atoms with Gasteiger partial charge in [-0.15, -0.1) is 11.4 Å². The second kappa shape index (κ2) is 9.23. The van der Waals surface area contributed by atoms with E-state index in [1.807, 2.05) is 97.1 Å². The molecule has 0 fully saturated rings. The molecule has 0 aliphatic rings. The number of hydrogen-bond donors (Lipinski definition) is 0. The topological polar surface area (TPSA) is 29.4 Å². The van der Waals surface area contributed by atoms with Crippen molar-refractivity contribution >= 4 is 46.1 Å². The second-order valence-electron chi connectivity index (χ2n) is 6.77. The van der Waals surface area contributed by atoms with Gasteiger partial charge in [0.15, 0.2) is 0 Å². The Labute approximate surface area is 182 Å². The Balaban J connectivity index is 2.10. The first-order valence-corrected chi connectivity index (χ1v) is 14.9. The zero-order valence-corrected chi connectivity index (χ0v) is 19.3. The summed E-state index contributed by atoms with van der Waals surface area (Å²) in [6.07, 6.45) is -0.275. The first-order valence-electron chi connectivity index (χ1n) is 9.71. The van der Waals surface area contributed by atoms with Crippen LogP contribution in [0.1, 0.15) is 0 Å². The molecule has 0 bridgehead atoms. The summed E-state index contributed by atoms with van der Waals surface area (Å²) in [5.74, 6) is 0. The van der Waals surface area contributed by atoms with Gasteiger partial charge in [-0.2, -0.15) is 0 Å². The van der Waals surface area contributed by atoms with E-state index in [4.69, 9.17) is 4.52 Å². The van der Waals surface area contributed by atoms with Gasteiger partial charge in [0.1, 0.15) is 0 Å². The number of hydrogen-bond acceptors (Lipinski definition) is 2. The fourth-order valence-electron chi connectivity index (χ4n) is 3.45. The molecule has 0 aliphatic heterocycles. The van der Waals surface area contributed by atoms with Gasteiger partial charge >= 0.3 is 0 Å². The predicted molar refractivity (Wildman–Crippen MR) is 135 cm³/mol. The minimum Gasteiger partial charge on any atom is -0.288 e. The molecule has 0 spiro atoms. The molecule has 4 rings (SSSR count). The molecule has 0 N–H and O–H groups in total. The first kappa shape index (κ1) is 20.9. The standard InChI is InChI=1S/C25H23NOP2S/c1-30-29(24-18-10-4-11-19-24,25-20-12-5-13-21-25)26-28(27,22-14-6-2-7-15-22)23-16-8-3-9-17-23/h2-21H,1H3. The Kier molecular flexibility index (Phi) is 6.44. The zero-order valence-electron chi connectivity index (χ0n) is 16.7. The normalized spacial score (nSPS) is 11.8. The highest BCUT2D eigenvalue weighted by Crippen LogP contribution is 2.66. The maximum Gasteiger partial charge on any atom is 0.247 e. The highest BCUT2D eigenvalue weighted by atomic mass is 32.7. The molecule has 0 saturated carbocycles. The van der Waals surface area contributed by atoms with Crippen LogP contribution in [-0.4, -0.2) is 6.26 Å². The quantitative estimate of drug-likeness (QED) is 0.337. The van der Waals surface area contributed by atoms with E-state index in [-0.39, 0.29) is 0 Å². The molecule has 0 radical (unpaired) electrons. The lowest BCUT2D eigenvalue weighted by Crippen LogP contribution is -2.18. The maximum absolute atomic E-state index is 14.8. The van der Waals surface area contributed by atoms with Crippen molar-refractivity contribution in [2.24, 2.45) is 4.52 Å². The lowest BCUT2D eigenvalue weighted by atomic mass is 10.4. The molecule has 0 saturated heterocycles. The summed E-state index contributed by atoms with van der Waals surface area (Å²) in [5.41, 5.74) is 0. The minimum absolute atomic E-state index is 0.765. The van der Waals surface area contributed by atoms with E-state index in [2.05, 4.69) is 30.5 Å². The Morgan fingerprint density at radius 3 is 1.13 bits per heavy atom. The van der Waals surface area contributed by atoms with Gasteiger partial charge in [-0.3, -0.25) is 4.57 Å². The molecule has 4 aromatic carbocycles. The summed E-state index contributed by atoms with van der Waals surface area (Å²) in [7, 11) is -3.24. The molecule has 0 aliphatic carbocycles. The van der Waals surface area contributed by atoms with Crippen LogP contribution in [0.4, 0.5) is 0 Å². The fourth-order valence-corrected chi connectivity index (χ4v) is 13.7. The lowest BCUT2D eigenvalue weighted by Gasteiger charge is -2.27. The fraction of sp³-hybridized carbons (Fsp3) is 0.0400. The Morgan fingerprint density at radius 1 is 0.533 bits per heavy atom. The molecule has 150 valence electrons. The van der Waals surface area contributed by atoms with E-state index in [9.17, 15) is 4.57 Å². The van der Waals surface area contributed by atoms with Gasteiger partial charge in [0.2, 0.25) is 7.29 Å². The Morgan fingerprint density at radius 2 is 0.833 bits per heavy atom. The van der Waals surface area contributed by atoms with Crippen molar-refractivity contribution in [1.82, 2.24) is 0 Å². The number of benzene rings is 4. The second-order valence-corrected chi connectivity index (χ2v) is 14.9. The van der Waals surface area contributed by atoms with Gasteiger partial charge in [0.05, 0.1) is 6.26 Å². The van der Waals surface area contributed by atoms with E-state index in [1.165, 1.54) is 0 Å². The Bertz CT molecular complexity index is 1110. The van der Waals surface area contributed by atoms with Crippen LogP contribution in [0.5, 0.6) is 0 Å². The van der Waals surface area contributed by atoms with Gasteiger partial charge in [-0.05, 0) is 30.5 Å². The van der Waals surface area contributed by atoms with E-state index < -0.39 is 13.5 Å². The Hall–Kier alpha value is -2.31. The zero-order chi connectivity index (χ0) is 20.9. The van der Waals surface area contributed by atoms with E-state index in [1.54, 1.807) is 11.4 Å². The predicted octanol–water partition coefficient (Wildman–Crippen LogP) is 6.05. The molecule has 2 nitrogen and oxygen atoms in total. The summed E-state index contributed by atoms with van der Waals surface area (Å²) < 4.78 is 20.2. The van der Waals surface area contributed by atoms with Crippen LogP contribution >= 0.6 is 24.9 Å². The lowest BCUT2D eigenvalue weighted by molar-refractivity contribution is 0.588. The molecule has 0 amide bonds. The smallest absolute Gasteiger partial charge is 0.247 e. The molecule has 30 heavy (non-hydrogen) atoms. The highest BCUT2D eigenvalue weighted by Gasteiger charge is 2.33. The van der Waals surface area contributed by atoms with E-state index in [0.717, 1.165) is 21.2 Å². The third-order valence-electron chi connectivity index (χ3n) is 4.94. The highest BCUT2D eigenvalue weighted by molar-refractivity contribution is 8.63. The maximum atomic E-state index is 14.8. The van der Waals surface area contributed by atoms with Crippen LogP contribution in [-0.2, 0) is 4.57 Å². The number of nitrogens with zero attached hydrogens (tertiary/aromatic N) is 1. The van der Waals surface area contributed by atoms with Crippen molar-refractivity contribution < 1.29 is 4.57 Å². The molecule has 4 aromatic rings. The van der Waals surface area contributed by atoms with Gasteiger partial charge < -0.3 is 0 Å². The van der Waals surface area contributed by atoms with Crippen molar-refractivity contribution in [2.45, 2.75) is 0 Å². The van der Waals surface area contributed by atoms with Crippen LogP contribution in [0, 0.1) is 0 Å². The molecule has 0 aromatic heterocycles. The van der Waals surface area contributed by atoms with Crippen molar-refractivity contribution in [3.63, 3.8) is 0 Å². The van der Waals surface area contributed by atoms with Crippen LogP contribution in [0.25, 0.3) is 0 Å². The molecule has 0 heterocycles. The van der Waals surface area contributed by atoms with Crippen molar-refractivity contribution in [2.75, 3.05) is 6.26 Å². The van der Waals surface area contributed by atoms with Crippen LogP contribution in [0.2, 0.25) is 0 Å². The average molecular weight is 447 g/mol. The number of rotatable bonds is 6. The van der Waals surface area contributed by atoms with Crippen molar-refractivity contribution in [1.29, 1.82) is 0 Å². The van der Waals surface area contributed by atoms with Crippen LogP contribution in [0.15, 0.2) is 126 Å². The molecule has 0 unspecified atom stereocenters. The van der Waals surface area contributed by atoms with Crippen LogP contribution < -0.4 is 21.2 Å². The first-order chi connectivity index (χ1) is 14.7. The van der Waals surface area contributed by atoms with E-state index in [0.29, 0.717) is 0 Å². The summed E-state index contributed by atoms with van der Waals surface area (Å²) in [5, 5.41) is 3.77. The summed E-state index contributed by atoms with van der Waals surface area (Å²) in [4.78, 5) is 0. The monoisotopic (exact) mass is 447 g/mol.